The van der Waals surface area contributed by atoms with Gasteiger partial charge in [-0.05, 0) is 58.8 Å². The molecule has 0 saturated carbocycles. The van der Waals surface area contributed by atoms with Gasteiger partial charge in [-0.2, -0.15) is 5.10 Å². The zero-order valence-electron chi connectivity index (χ0n) is 19.6. The smallest absolute Gasteiger partial charge is 0.343 e. The average Bonchev–Trinajstić information content (AvgIpc) is 2.91. The summed E-state index contributed by atoms with van der Waals surface area (Å²) in [5.74, 6) is -0.827. The molecule has 38 heavy (non-hydrogen) atoms. The number of rotatable bonds is 9. The maximum absolute atomic E-state index is 12.5. The SMILES string of the molecule is O=C(COc1ccc2ccccc2c1)N/N=C/c1cccc(OC(=O)c2cc(N([O-])[O-])cc(N(O)O)c2)c1. The summed E-state index contributed by atoms with van der Waals surface area (Å²) in [7, 11) is 0. The molecule has 0 atom stereocenters. The van der Waals surface area contributed by atoms with Gasteiger partial charge in [-0.1, -0.05) is 42.5 Å². The van der Waals surface area contributed by atoms with Crippen molar-refractivity contribution in [1.29, 1.82) is 0 Å². The van der Waals surface area contributed by atoms with Gasteiger partial charge in [0.15, 0.2) is 6.61 Å². The van der Waals surface area contributed by atoms with E-state index >= 15 is 0 Å². The summed E-state index contributed by atoms with van der Waals surface area (Å²) < 4.78 is 10.8. The van der Waals surface area contributed by atoms with E-state index in [4.69, 9.17) is 9.47 Å². The molecular weight excluding hydrogens is 496 g/mol. The van der Waals surface area contributed by atoms with E-state index in [1.165, 1.54) is 18.3 Å². The van der Waals surface area contributed by atoms with Crippen molar-refractivity contribution in [3.05, 3.63) is 106 Å². The quantitative estimate of drug-likeness (QED) is 0.128. The van der Waals surface area contributed by atoms with Gasteiger partial charge in [0.1, 0.15) is 11.5 Å². The van der Waals surface area contributed by atoms with Gasteiger partial charge in [0.05, 0.1) is 17.5 Å². The van der Waals surface area contributed by atoms with Crippen molar-refractivity contribution < 1.29 is 29.5 Å². The number of carbonyl (C=O) groups is 2. The number of anilines is 2. The van der Waals surface area contributed by atoms with Crippen LogP contribution in [0.3, 0.4) is 0 Å². The fourth-order valence-electron chi connectivity index (χ4n) is 3.38. The molecule has 12 nitrogen and oxygen atoms in total. The van der Waals surface area contributed by atoms with Crippen molar-refractivity contribution in [2.24, 2.45) is 5.10 Å². The molecule has 0 aromatic heterocycles. The van der Waals surface area contributed by atoms with Gasteiger partial charge in [0.2, 0.25) is 0 Å². The molecule has 0 saturated heterocycles. The number of hydrogen-bond donors (Lipinski definition) is 3. The topological polar surface area (TPSA) is 170 Å². The third-order valence-electron chi connectivity index (χ3n) is 5.14. The number of fused-ring (bicyclic) bond motifs is 1. The molecule has 0 fully saturated rings. The van der Waals surface area contributed by atoms with Crippen molar-refractivity contribution in [3.8, 4) is 11.5 Å². The second-order valence-corrected chi connectivity index (χ2v) is 7.84. The highest BCUT2D eigenvalue weighted by atomic mass is 16.8. The molecule has 4 rings (SSSR count). The Kier molecular flexibility index (Phi) is 8.10. The first kappa shape index (κ1) is 26.1. The van der Waals surface area contributed by atoms with E-state index in [9.17, 15) is 30.4 Å². The van der Waals surface area contributed by atoms with Crippen molar-refractivity contribution in [2.45, 2.75) is 0 Å². The molecule has 0 spiro atoms. The van der Waals surface area contributed by atoms with Crippen LogP contribution in [0, 0.1) is 10.4 Å². The maximum Gasteiger partial charge on any atom is 0.343 e. The van der Waals surface area contributed by atoms with Crippen LogP contribution in [0.4, 0.5) is 11.4 Å². The van der Waals surface area contributed by atoms with E-state index in [1.807, 2.05) is 36.4 Å². The van der Waals surface area contributed by atoms with Gasteiger partial charge < -0.3 is 25.1 Å². The largest absolute Gasteiger partial charge is 0.769 e. The Bertz CT molecular complexity index is 1460. The predicted octanol–water partition coefficient (Wildman–Crippen LogP) is 3.97. The number of carbonyl (C=O) groups excluding carboxylic acids is 2. The van der Waals surface area contributed by atoms with Crippen LogP contribution in [-0.4, -0.2) is 35.1 Å². The molecule has 4 aromatic rings. The second kappa shape index (κ2) is 11.8. The lowest BCUT2D eigenvalue weighted by Gasteiger charge is -2.38. The molecule has 0 unspecified atom stereocenters. The zero-order valence-corrected chi connectivity index (χ0v) is 19.6. The molecule has 1 amide bonds. The molecule has 4 aromatic carbocycles. The van der Waals surface area contributed by atoms with Gasteiger partial charge in [-0.25, -0.2) is 10.2 Å². The number of nitrogens with zero attached hydrogens (tertiary/aromatic N) is 3. The number of esters is 1. The molecule has 0 aliphatic rings. The Morgan fingerprint density at radius 2 is 1.63 bits per heavy atom. The van der Waals surface area contributed by atoms with Crippen LogP contribution < -0.4 is 25.4 Å². The minimum absolute atomic E-state index is 0.0859. The molecule has 12 heteroatoms. The lowest BCUT2D eigenvalue weighted by atomic mass is 10.1. The van der Waals surface area contributed by atoms with Crippen molar-refractivity contribution in [3.63, 3.8) is 0 Å². The number of benzene rings is 4. The number of amides is 1. The van der Waals surface area contributed by atoms with Gasteiger partial charge in [-0.15, -0.1) is 5.23 Å². The third kappa shape index (κ3) is 6.81. The van der Waals surface area contributed by atoms with Crippen LogP contribution in [0.25, 0.3) is 10.8 Å². The summed E-state index contributed by atoms with van der Waals surface area (Å²) >= 11 is 0. The fraction of sp³-hybridized carbons (Fsp3) is 0.0385. The summed E-state index contributed by atoms with van der Waals surface area (Å²) in [6.07, 6.45) is 1.33. The molecular formula is C26H20N4O8-2. The number of nitrogens with one attached hydrogen (secondary N) is 1. The van der Waals surface area contributed by atoms with Crippen LogP contribution in [0.5, 0.6) is 11.5 Å². The Labute approximate surface area is 215 Å². The van der Waals surface area contributed by atoms with E-state index in [-0.39, 0.29) is 23.1 Å². The number of hydrazone groups is 1. The monoisotopic (exact) mass is 516 g/mol. The first-order chi connectivity index (χ1) is 18.3. The van der Waals surface area contributed by atoms with E-state index in [0.29, 0.717) is 11.3 Å². The number of ether oxygens (including phenoxy) is 2. The predicted molar refractivity (Wildman–Crippen MR) is 138 cm³/mol. The van der Waals surface area contributed by atoms with Crippen LogP contribution in [0.1, 0.15) is 15.9 Å². The van der Waals surface area contributed by atoms with Gasteiger partial charge >= 0.3 is 5.97 Å². The van der Waals surface area contributed by atoms with E-state index < -0.39 is 28.5 Å². The second-order valence-electron chi connectivity index (χ2n) is 7.84. The van der Waals surface area contributed by atoms with Crippen LogP contribution in [0.15, 0.2) is 90.0 Å². The summed E-state index contributed by atoms with van der Waals surface area (Å²) in [5.41, 5.74) is 1.60. The van der Waals surface area contributed by atoms with Crippen LogP contribution in [0.2, 0.25) is 0 Å². The van der Waals surface area contributed by atoms with Crippen LogP contribution in [-0.2, 0) is 4.79 Å². The Morgan fingerprint density at radius 1 is 0.868 bits per heavy atom. The van der Waals surface area contributed by atoms with Crippen molar-refractivity contribution in [2.75, 3.05) is 17.1 Å². The maximum atomic E-state index is 12.5. The molecule has 0 radical (unpaired) electrons. The highest BCUT2D eigenvalue weighted by Gasteiger charge is 2.13. The molecule has 194 valence electrons. The molecule has 0 aliphatic carbocycles. The first-order valence-electron chi connectivity index (χ1n) is 11.0. The van der Waals surface area contributed by atoms with Crippen molar-refractivity contribution >= 4 is 40.2 Å². The summed E-state index contributed by atoms with van der Waals surface area (Å²) in [4.78, 5) is 24.6. The molecule has 0 bridgehead atoms. The normalized spacial score (nSPS) is 10.8. The van der Waals surface area contributed by atoms with Gasteiger partial charge in [0.25, 0.3) is 5.91 Å². The summed E-state index contributed by atoms with van der Waals surface area (Å²) in [6, 6.07) is 22.2. The zero-order chi connectivity index (χ0) is 27.1. The van der Waals surface area contributed by atoms with E-state index in [1.54, 1.807) is 18.2 Å². The molecule has 0 heterocycles. The minimum atomic E-state index is -0.968. The summed E-state index contributed by atoms with van der Waals surface area (Å²) in [6.45, 7) is -0.252. The summed E-state index contributed by atoms with van der Waals surface area (Å²) in [5, 5.41) is 45.3. The lowest BCUT2D eigenvalue weighted by Crippen LogP contribution is -2.24. The Morgan fingerprint density at radius 3 is 2.39 bits per heavy atom. The van der Waals surface area contributed by atoms with E-state index in [2.05, 4.69) is 10.5 Å². The highest BCUT2D eigenvalue weighted by molar-refractivity contribution is 5.94. The molecule has 0 aliphatic heterocycles. The van der Waals surface area contributed by atoms with Crippen molar-refractivity contribution in [1.82, 2.24) is 5.43 Å². The lowest BCUT2D eigenvalue weighted by molar-refractivity contribution is -0.123. The average molecular weight is 516 g/mol. The first-order valence-corrected chi connectivity index (χ1v) is 11.0. The van der Waals surface area contributed by atoms with Gasteiger partial charge in [0, 0.05) is 5.69 Å². The van der Waals surface area contributed by atoms with Gasteiger partial charge in [-0.3, -0.25) is 15.2 Å². The fourth-order valence-corrected chi connectivity index (χ4v) is 3.38. The Hall–Kier alpha value is -5.01. The minimum Gasteiger partial charge on any atom is -0.769 e. The number of hydrogen-bond acceptors (Lipinski definition) is 11. The molecule has 3 N–H and O–H groups in total. The highest BCUT2D eigenvalue weighted by Crippen LogP contribution is 2.25. The van der Waals surface area contributed by atoms with Crippen LogP contribution >= 0.6 is 0 Å². The third-order valence-corrected chi connectivity index (χ3v) is 5.14. The standard InChI is InChI=1S/C26H20N4O8/c31-25(16-37-23-9-8-18-5-1-2-6-19(18)13-23)28-27-15-17-4-3-7-24(10-17)38-26(32)20-11-21(29(33)34)14-22(12-20)30(35)36/h1-15,33-34H,16H2,(H,28,31)/q-2/b27-15+. The van der Waals surface area contributed by atoms with E-state index in [0.717, 1.165) is 29.0 Å². The Balaban J connectivity index is 1.34.